The highest BCUT2D eigenvalue weighted by atomic mass is 16.5. The lowest BCUT2D eigenvalue weighted by Crippen LogP contribution is -2.45. The minimum atomic E-state index is -0.772. The summed E-state index contributed by atoms with van der Waals surface area (Å²) < 4.78 is 5.02. The first-order valence-electron chi connectivity index (χ1n) is 6.54. The second-order valence-corrected chi connectivity index (χ2v) is 4.27. The van der Waals surface area contributed by atoms with Crippen molar-refractivity contribution in [3.8, 4) is 5.75 Å². The summed E-state index contributed by atoms with van der Waals surface area (Å²) in [5, 5.41) is 20.2. The van der Waals surface area contributed by atoms with Crippen LogP contribution in [0.15, 0.2) is 24.3 Å². The Balaban J connectivity index is 2.52. The summed E-state index contributed by atoms with van der Waals surface area (Å²) in [6.45, 7) is -0.305. The lowest BCUT2D eigenvalue weighted by Gasteiger charge is -2.19. The summed E-state index contributed by atoms with van der Waals surface area (Å²) in [6.07, 6.45) is 0. The molecule has 1 aromatic carbocycles. The van der Waals surface area contributed by atoms with Crippen molar-refractivity contribution >= 4 is 11.8 Å². The third-order valence-electron chi connectivity index (χ3n) is 2.83. The Morgan fingerprint density at radius 2 is 1.71 bits per heavy atom. The molecular weight excluding hydrogens is 276 g/mol. The molecule has 0 aromatic heterocycles. The predicted molar refractivity (Wildman–Crippen MR) is 75.6 cm³/mol. The highest BCUT2D eigenvalue weighted by molar-refractivity contribution is 6.34. The van der Waals surface area contributed by atoms with Gasteiger partial charge < -0.3 is 25.2 Å². The Hall–Kier alpha value is -2.12. The second kappa shape index (κ2) is 8.93. The first-order chi connectivity index (χ1) is 10.1. The van der Waals surface area contributed by atoms with Crippen molar-refractivity contribution < 1.29 is 24.5 Å². The molecule has 0 bridgehead atoms. The maximum Gasteiger partial charge on any atom is 0.312 e. The predicted octanol–water partition coefficient (Wildman–Crippen LogP) is -0.875. The number of benzene rings is 1. The topological polar surface area (TPSA) is 99.1 Å². The number of methoxy groups -OCH3 is 1. The highest BCUT2D eigenvalue weighted by Crippen LogP contribution is 2.10. The van der Waals surface area contributed by atoms with Gasteiger partial charge in [-0.1, -0.05) is 12.1 Å². The van der Waals surface area contributed by atoms with Gasteiger partial charge in [0.2, 0.25) is 0 Å². The molecule has 2 amide bonds. The summed E-state index contributed by atoms with van der Waals surface area (Å²) in [4.78, 5) is 24.7. The molecule has 0 aliphatic carbocycles. The van der Waals surface area contributed by atoms with Crippen LogP contribution in [0.1, 0.15) is 5.56 Å². The van der Waals surface area contributed by atoms with Gasteiger partial charge in [0.25, 0.3) is 0 Å². The molecule has 0 aliphatic rings. The molecule has 0 unspecified atom stereocenters. The molecule has 0 radical (unpaired) electrons. The van der Waals surface area contributed by atoms with Gasteiger partial charge in [-0.3, -0.25) is 9.59 Å². The SMILES string of the molecule is COc1ccc(CNC(=O)C(=O)N(CCO)CCO)cc1. The standard InChI is InChI=1S/C14H20N2O5/c1-21-12-4-2-11(3-5-12)10-15-13(19)14(20)16(6-8-17)7-9-18/h2-5,17-18H,6-10H2,1H3,(H,15,19). The number of carbonyl (C=O) groups excluding carboxylic acids is 2. The molecule has 1 rings (SSSR count). The summed E-state index contributed by atoms with van der Waals surface area (Å²) >= 11 is 0. The number of aliphatic hydroxyl groups is 2. The molecule has 21 heavy (non-hydrogen) atoms. The van der Waals surface area contributed by atoms with Crippen LogP contribution in [0.5, 0.6) is 5.75 Å². The van der Waals surface area contributed by atoms with E-state index < -0.39 is 11.8 Å². The second-order valence-electron chi connectivity index (χ2n) is 4.27. The van der Waals surface area contributed by atoms with Crippen LogP contribution in [0.25, 0.3) is 0 Å². The molecule has 7 heteroatoms. The van der Waals surface area contributed by atoms with Crippen molar-refractivity contribution in [1.29, 1.82) is 0 Å². The van der Waals surface area contributed by atoms with E-state index in [0.29, 0.717) is 5.75 Å². The molecule has 0 fully saturated rings. The molecule has 0 spiro atoms. The van der Waals surface area contributed by atoms with E-state index in [-0.39, 0.29) is 32.8 Å². The van der Waals surface area contributed by atoms with Crippen molar-refractivity contribution in [3.63, 3.8) is 0 Å². The fraction of sp³-hybridized carbons (Fsp3) is 0.429. The third-order valence-corrected chi connectivity index (χ3v) is 2.83. The van der Waals surface area contributed by atoms with Crippen molar-refractivity contribution in [2.75, 3.05) is 33.4 Å². The van der Waals surface area contributed by atoms with E-state index in [0.717, 1.165) is 10.5 Å². The molecule has 0 atom stereocenters. The zero-order valence-corrected chi connectivity index (χ0v) is 11.9. The van der Waals surface area contributed by atoms with Gasteiger partial charge in [-0.2, -0.15) is 0 Å². The van der Waals surface area contributed by atoms with E-state index in [9.17, 15) is 9.59 Å². The molecule has 1 aromatic rings. The number of hydrogen-bond acceptors (Lipinski definition) is 5. The maximum atomic E-state index is 11.8. The van der Waals surface area contributed by atoms with Crippen molar-refractivity contribution in [2.24, 2.45) is 0 Å². The zero-order valence-electron chi connectivity index (χ0n) is 11.9. The van der Waals surface area contributed by atoms with E-state index in [4.69, 9.17) is 14.9 Å². The van der Waals surface area contributed by atoms with Crippen molar-refractivity contribution in [2.45, 2.75) is 6.54 Å². The molecular formula is C14H20N2O5. The van der Waals surface area contributed by atoms with Crippen LogP contribution in [-0.2, 0) is 16.1 Å². The Kier molecular flexibility index (Phi) is 7.20. The average Bonchev–Trinajstić information content (AvgIpc) is 2.52. The summed E-state index contributed by atoms with van der Waals surface area (Å²) in [7, 11) is 1.56. The van der Waals surface area contributed by atoms with Crippen LogP contribution in [0.4, 0.5) is 0 Å². The van der Waals surface area contributed by atoms with E-state index in [1.165, 1.54) is 0 Å². The van der Waals surface area contributed by atoms with E-state index in [1.54, 1.807) is 31.4 Å². The Labute approximate surface area is 123 Å². The van der Waals surface area contributed by atoms with Crippen LogP contribution >= 0.6 is 0 Å². The van der Waals surface area contributed by atoms with E-state index >= 15 is 0 Å². The number of aliphatic hydroxyl groups excluding tert-OH is 2. The normalized spacial score (nSPS) is 10.0. The van der Waals surface area contributed by atoms with Gasteiger partial charge >= 0.3 is 11.8 Å². The van der Waals surface area contributed by atoms with Crippen molar-refractivity contribution in [1.82, 2.24) is 10.2 Å². The minimum Gasteiger partial charge on any atom is -0.497 e. The average molecular weight is 296 g/mol. The van der Waals surface area contributed by atoms with Crippen LogP contribution in [0.2, 0.25) is 0 Å². The largest absolute Gasteiger partial charge is 0.497 e. The molecule has 0 heterocycles. The number of hydrogen-bond donors (Lipinski definition) is 3. The summed E-state index contributed by atoms with van der Waals surface area (Å²) in [5.74, 6) is -0.836. The van der Waals surface area contributed by atoms with E-state index in [1.807, 2.05) is 0 Å². The number of nitrogens with zero attached hydrogens (tertiary/aromatic N) is 1. The summed E-state index contributed by atoms with van der Waals surface area (Å²) in [6, 6.07) is 7.08. The third kappa shape index (κ3) is 5.41. The lowest BCUT2D eigenvalue weighted by molar-refractivity contribution is -0.146. The highest BCUT2D eigenvalue weighted by Gasteiger charge is 2.20. The molecule has 3 N–H and O–H groups in total. The van der Waals surface area contributed by atoms with Gasteiger partial charge in [-0.05, 0) is 17.7 Å². The Bertz CT molecular complexity index is 455. The minimum absolute atomic E-state index is 0.00927. The fourth-order valence-electron chi connectivity index (χ4n) is 1.70. The van der Waals surface area contributed by atoms with Crippen molar-refractivity contribution in [3.05, 3.63) is 29.8 Å². The van der Waals surface area contributed by atoms with Gasteiger partial charge in [0.05, 0.1) is 20.3 Å². The van der Waals surface area contributed by atoms with Gasteiger partial charge in [-0.25, -0.2) is 0 Å². The molecule has 7 nitrogen and oxygen atoms in total. The van der Waals surface area contributed by atoms with Gasteiger partial charge in [0.15, 0.2) is 0 Å². The van der Waals surface area contributed by atoms with Gasteiger partial charge in [0.1, 0.15) is 5.75 Å². The number of rotatable bonds is 7. The smallest absolute Gasteiger partial charge is 0.312 e. The molecule has 0 aliphatic heterocycles. The first-order valence-corrected chi connectivity index (χ1v) is 6.54. The monoisotopic (exact) mass is 296 g/mol. The van der Waals surface area contributed by atoms with Crippen LogP contribution in [0.3, 0.4) is 0 Å². The Morgan fingerprint density at radius 3 is 2.19 bits per heavy atom. The summed E-state index contributed by atoms with van der Waals surface area (Å²) in [5.41, 5.74) is 0.827. The first kappa shape index (κ1) is 16.9. The van der Waals surface area contributed by atoms with Crippen LogP contribution < -0.4 is 10.1 Å². The molecule has 116 valence electrons. The van der Waals surface area contributed by atoms with Gasteiger partial charge in [0, 0.05) is 19.6 Å². The molecule has 0 saturated carbocycles. The van der Waals surface area contributed by atoms with Crippen LogP contribution in [0, 0.1) is 0 Å². The number of ether oxygens (including phenoxy) is 1. The van der Waals surface area contributed by atoms with Gasteiger partial charge in [-0.15, -0.1) is 0 Å². The van der Waals surface area contributed by atoms with E-state index in [2.05, 4.69) is 5.32 Å². The van der Waals surface area contributed by atoms with Crippen LogP contribution in [-0.4, -0.2) is 60.3 Å². The Morgan fingerprint density at radius 1 is 1.14 bits per heavy atom. The molecule has 0 saturated heterocycles. The lowest BCUT2D eigenvalue weighted by atomic mass is 10.2. The zero-order chi connectivity index (χ0) is 15.7. The number of carbonyl (C=O) groups is 2. The number of amides is 2. The fourth-order valence-corrected chi connectivity index (χ4v) is 1.70. The quantitative estimate of drug-likeness (QED) is 0.568. The number of nitrogens with one attached hydrogen (secondary N) is 1. The maximum absolute atomic E-state index is 11.8.